The molecule has 0 atom stereocenters. The normalized spacial score (nSPS) is 11.3. The second-order valence-electron chi connectivity index (χ2n) is 7.24. The van der Waals surface area contributed by atoms with Crippen molar-refractivity contribution in [1.29, 1.82) is 0 Å². The molecule has 0 saturated carbocycles. The monoisotopic (exact) mass is 533 g/mol. The number of halogens is 3. The summed E-state index contributed by atoms with van der Waals surface area (Å²) < 4.78 is 29.5. The Morgan fingerprint density at radius 2 is 2.00 bits per heavy atom. The first kappa shape index (κ1) is 23.0. The third-order valence-corrected chi connectivity index (χ3v) is 6.81. The first-order chi connectivity index (χ1) is 15.7. The summed E-state index contributed by atoms with van der Waals surface area (Å²) in [5.41, 5.74) is 7.18. The van der Waals surface area contributed by atoms with Gasteiger partial charge in [-0.2, -0.15) is 5.10 Å². The minimum Gasteiger partial charge on any atom is -0.365 e. The van der Waals surface area contributed by atoms with Gasteiger partial charge in [-0.25, -0.2) is 13.8 Å². The highest BCUT2D eigenvalue weighted by Gasteiger charge is 2.24. The van der Waals surface area contributed by atoms with Crippen molar-refractivity contribution in [2.45, 2.75) is 26.3 Å². The Morgan fingerprint density at radius 3 is 2.61 bits per heavy atom. The summed E-state index contributed by atoms with van der Waals surface area (Å²) in [5.74, 6) is -1.16. The van der Waals surface area contributed by atoms with E-state index in [-0.39, 0.29) is 27.7 Å². The van der Waals surface area contributed by atoms with Gasteiger partial charge in [0.2, 0.25) is 5.91 Å². The third kappa shape index (κ3) is 4.79. The number of hydrogen-bond acceptors (Lipinski definition) is 5. The smallest absolute Gasteiger partial charge is 0.280 e. The fourth-order valence-electron chi connectivity index (χ4n) is 3.39. The molecule has 3 heterocycles. The summed E-state index contributed by atoms with van der Waals surface area (Å²) in [6, 6.07) is 10.1. The molecular weight excluding hydrogens is 516 g/mol. The van der Waals surface area contributed by atoms with Gasteiger partial charge in [-0.3, -0.25) is 14.3 Å². The van der Waals surface area contributed by atoms with E-state index in [1.165, 1.54) is 6.07 Å². The number of anilines is 1. The lowest BCUT2D eigenvalue weighted by Gasteiger charge is -2.11. The van der Waals surface area contributed by atoms with Gasteiger partial charge in [-0.05, 0) is 40.0 Å². The topological polar surface area (TPSA) is 103 Å². The van der Waals surface area contributed by atoms with E-state index in [4.69, 9.17) is 5.73 Å². The van der Waals surface area contributed by atoms with Gasteiger partial charge in [0.1, 0.15) is 15.4 Å². The Labute approximate surface area is 199 Å². The minimum absolute atomic E-state index is 0.0483. The van der Waals surface area contributed by atoms with Crippen LogP contribution in [0, 0.1) is 6.92 Å². The van der Waals surface area contributed by atoms with Gasteiger partial charge >= 0.3 is 0 Å². The summed E-state index contributed by atoms with van der Waals surface area (Å²) in [7, 11) is 0. The summed E-state index contributed by atoms with van der Waals surface area (Å²) in [5, 5.41) is 7.45. The van der Waals surface area contributed by atoms with Crippen LogP contribution in [0.25, 0.3) is 21.3 Å². The van der Waals surface area contributed by atoms with E-state index >= 15 is 0 Å². The molecule has 0 bridgehead atoms. The van der Waals surface area contributed by atoms with Gasteiger partial charge < -0.3 is 11.1 Å². The molecule has 0 aliphatic rings. The standard InChI is InChI=1S/C22H18BrF2N5O2S/c1-11-14(23)10-30(29-11)8-7-16(31)28-18-17-13(12-5-3-2-4-6-12)9-15(20(24)25)27-22(17)33-19(18)21(26)32/h2-6,9-10,20H,7-8H2,1H3,(H2,26,32)(H,28,31). The first-order valence-electron chi connectivity index (χ1n) is 9.84. The summed E-state index contributed by atoms with van der Waals surface area (Å²) in [4.78, 5) is 29.2. The maximum Gasteiger partial charge on any atom is 0.280 e. The SMILES string of the molecule is Cc1nn(CCC(=O)Nc2c(C(N)=O)sc3nc(C(F)F)cc(-c4ccccc4)c23)cc1Br. The molecule has 0 aliphatic heterocycles. The molecule has 170 valence electrons. The van der Waals surface area contributed by atoms with Crippen molar-refractivity contribution < 1.29 is 18.4 Å². The van der Waals surface area contributed by atoms with Crippen LogP contribution in [-0.2, 0) is 11.3 Å². The molecule has 2 amide bonds. The van der Waals surface area contributed by atoms with Crippen LogP contribution >= 0.6 is 27.3 Å². The average molecular weight is 534 g/mol. The number of benzene rings is 1. The number of hydrogen-bond donors (Lipinski definition) is 2. The lowest BCUT2D eigenvalue weighted by molar-refractivity contribution is -0.116. The molecule has 0 fully saturated rings. The van der Waals surface area contributed by atoms with Gasteiger partial charge in [-0.1, -0.05) is 30.3 Å². The molecule has 7 nitrogen and oxygen atoms in total. The zero-order chi connectivity index (χ0) is 23.7. The predicted octanol–water partition coefficient (Wildman–Crippen LogP) is 5.30. The number of nitrogens with two attached hydrogens (primary N) is 1. The van der Waals surface area contributed by atoms with Gasteiger partial charge in [0.15, 0.2) is 0 Å². The van der Waals surface area contributed by atoms with Gasteiger partial charge in [0.05, 0.1) is 15.9 Å². The highest BCUT2D eigenvalue weighted by Crippen LogP contribution is 2.42. The number of alkyl halides is 2. The van der Waals surface area contributed by atoms with E-state index in [2.05, 4.69) is 31.3 Å². The second-order valence-corrected chi connectivity index (χ2v) is 9.09. The number of primary amides is 1. The maximum atomic E-state index is 13.5. The van der Waals surface area contributed by atoms with E-state index in [0.717, 1.165) is 21.5 Å². The number of nitrogens with zero attached hydrogens (tertiary/aromatic N) is 3. The number of carbonyl (C=O) groups is 2. The van der Waals surface area contributed by atoms with Crippen LogP contribution in [0.4, 0.5) is 14.5 Å². The number of aromatic nitrogens is 3. The molecule has 11 heteroatoms. The number of amides is 2. The Hall–Kier alpha value is -3.18. The van der Waals surface area contributed by atoms with E-state index in [1.807, 2.05) is 6.92 Å². The van der Waals surface area contributed by atoms with E-state index in [9.17, 15) is 18.4 Å². The quantitative estimate of drug-likeness (QED) is 0.336. The van der Waals surface area contributed by atoms with E-state index in [0.29, 0.717) is 23.1 Å². The molecule has 3 aromatic heterocycles. The zero-order valence-corrected chi connectivity index (χ0v) is 19.7. The molecule has 0 radical (unpaired) electrons. The molecule has 4 rings (SSSR count). The molecule has 0 unspecified atom stereocenters. The van der Waals surface area contributed by atoms with Crippen molar-refractivity contribution in [1.82, 2.24) is 14.8 Å². The van der Waals surface area contributed by atoms with Gasteiger partial charge in [0.25, 0.3) is 12.3 Å². The highest BCUT2D eigenvalue weighted by atomic mass is 79.9. The van der Waals surface area contributed by atoms with Crippen LogP contribution in [0.1, 0.15) is 33.9 Å². The fourth-order valence-corrected chi connectivity index (χ4v) is 4.72. The third-order valence-electron chi connectivity index (χ3n) is 4.93. The number of fused-ring (bicyclic) bond motifs is 1. The van der Waals surface area contributed by atoms with Crippen molar-refractivity contribution in [3.63, 3.8) is 0 Å². The van der Waals surface area contributed by atoms with Crippen LogP contribution in [0.3, 0.4) is 0 Å². The molecule has 1 aromatic carbocycles. The molecule has 3 N–H and O–H groups in total. The molecule has 0 spiro atoms. The van der Waals surface area contributed by atoms with E-state index < -0.39 is 18.0 Å². The summed E-state index contributed by atoms with van der Waals surface area (Å²) >= 11 is 4.25. The number of thiophene rings is 1. The Morgan fingerprint density at radius 1 is 1.27 bits per heavy atom. The highest BCUT2D eigenvalue weighted by molar-refractivity contribution is 9.10. The number of rotatable bonds is 7. The molecule has 4 aromatic rings. The minimum atomic E-state index is -2.80. The Bertz CT molecular complexity index is 1330. The van der Waals surface area contributed by atoms with Crippen molar-refractivity contribution in [3.8, 4) is 11.1 Å². The van der Waals surface area contributed by atoms with Crippen LogP contribution in [0.15, 0.2) is 47.1 Å². The number of aryl methyl sites for hydroxylation is 2. The number of pyridine rings is 1. The lowest BCUT2D eigenvalue weighted by Crippen LogP contribution is -2.18. The predicted molar refractivity (Wildman–Crippen MR) is 126 cm³/mol. The maximum absolute atomic E-state index is 13.5. The van der Waals surface area contributed by atoms with Crippen LogP contribution in [-0.4, -0.2) is 26.6 Å². The van der Waals surface area contributed by atoms with Crippen molar-refractivity contribution in [2.24, 2.45) is 5.73 Å². The molecule has 0 saturated heterocycles. The Kier molecular flexibility index (Phi) is 6.52. The largest absolute Gasteiger partial charge is 0.365 e. The molecule has 33 heavy (non-hydrogen) atoms. The molecule has 0 aliphatic carbocycles. The van der Waals surface area contributed by atoms with Crippen molar-refractivity contribution >= 4 is 55.0 Å². The van der Waals surface area contributed by atoms with Crippen LogP contribution in [0.5, 0.6) is 0 Å². The summed E-state index contributed by atoms with van der Waals surface area (Å²) in [6.07, 6.45) is -0.960. The number of nitrogens with one attached hydrogen (secondary N) is 1. The lowest BCUT2D eigenvalue weighted by atomic mass is 10.0. The van der Waals surface area contributed by atoms with Crippen LogP contribution in [0.2, 0.25) is 0 Å². The number of carbonyl (C=O) groups excluding carboxylic acids is 2. The fraction of sp³-hybridized carbons (Fsp3) is 0.182. The van der Waals surface area contributed by atoms with E-state index in [1.54, 1.807) is 41.2 Å². The van der Waals surface area contributed by atoms with Crippen LogP contribution < -0.4 is 11.1 Å². The molecular formula is C22H18BrF2N5O2S. The Balaban J connectivity index is 1.76. The van der Waals surface area contributed by atoms with Gasteiger partial charge in [-0.15, -0.1) is 11.3 Å². The van der Waals surface area contributed by atoms with Crippen molar-refractivity contribution in [3.05, 3.63) is 63.3 Å². The average Bonchev–Trinajstić information content (AvgIpc) is 3.31. The second kappa shape index (κ2) is 9.36. The van der Waals surface area contributed by atoms with Crippen molar-refractivity contribution in [2.75, 3.05) is 5.32 Å². The van der Waals surface area contributed by atoms with Gasteiger partial charge in [0, 0.05) is 24.5 Å². The zero-order valence-electron chi connectivity index (χ0n) is 17.3. The first-order valence-corrected chi connectivity index (χ1v) is 11.5. The summed E-state index contributed by atoms with van der Waals surface area (Å²) in [6.45, 7) is 2.15.